The monoisotopic (exact) mass is 380 g/mol. The van der Waals surface area contributed by atoms with Gasteiger partial charge in [0, 0.05) is 16.7 Å². The second kappa shape index (κ2) is 4.97. The second-order valence-electron chi connectivity index (χ2n) is 4.51. The van der Waals surface area contributed by atoms with E-state index in [9.17, 15) is 5.11 Å². The smallest absolute Gasteiger partial charge is 0.144 e. The number of hydrogen-bond acceptors (Lipinski definition) is 3. The average molecular weight is 380 g/mol. The first-order valence-electron chi connectivity index (χ1n) is 6.09. The van der Waals surface area contributed by atoms with Crippen LogP contribution in [0.2, 0.25) is 0 Å². The highest BCUT2D eigenvalue weighted by Gasteiger charge is 2.14. The Kier molecular flexibility index (Phi) is 3.29. The molecule has 3 rings (SSSR count). The first-order chi connectivity index (χ1) is 9.60. The van der Waals surface area contributed by atoms with Crippen LogP contribution < -0.4 is 4.74 Å². The molecule has 0 unspecified atom stereocenters. The molecule has 0 spiro atoms. The molecule has 0 aliphatic heterocycles. The minimum absolute atomic E-state index is 0.232. The summed E-state index contributed by atoms with van der Waals surface area (Å²) in [5.41, 5.74) is 2.58. The molecule has 0 aliphatic carbocycles. The number of aromatic hydroxyl groups is 1. The molecule has 20 heavy (non-hydrogen) atoms. The third kappa shape index (κ3) is 2.11. The fourth-order valence-electron chi connectivity index (χ4n) is 2.23. The van der Waals surface area contributed by atoms with Crippen LogP contribution in [0.3, 0.4) is 0 Å². The number of aromatic nitrogens is 2. The molecule has 1 N–H and O–H groups in total. The molecule has 0 amide bonds. The molecule has 0 aliphatic rings. The van der Waals surface area contributed by atoms with Gasteiger partial charge in [-0.15, -0.1) is 0 Å². The molecule has 1 heterocycles. The van der Waals surface area contributed by atoms with Crippen LogP contribution in [0.5, 0.6) is 11.5 Å². The summed E-state index contributed by atoms with van der Waals surface area (Å²) in [5, 5.41) is 10.1. The van der Waals surface area contributed by atoms with Gasteiger partial charge in [-0.25, -0.2) is 4.98 Å². The molecule has 0 saturated heterocycles. The van der Waals surface area contributed by atoms with Gasteiger partial charge in [-0.1, -0.05) is 0 Å². The number of ether oxygens (including phenoxy) is 1. The van der Waals surface area contributed by atoms with Gasteiger partial charge < -0.3 is 14.4 Å². The normalized spacial score (nSPS) is 10.9. The number of fused-ring (bicyclic) bond motifs is 1. The lowest BCUT2D eigenvalue weighted by molar-refractivity contribution is 0.415. The summed E-state index contributed by atoms with van der Waals surface area (Å²) in [4.78, 5) is 4.61. The number of halogens is 1. The molecule has 0 radical (unpaired) electrons. The molecular formula is C15H13IN2O2. The fraction of sp³-hybridized carbons (Fsp3) is 0.133. The molecule has 0 fully saturated rings. The van der Waals surface area contributed by atoms with Crippen LogP contribution in [0.4, 0.5) is 0 Å². The maximum atomic E-state index is 10.1. The Morgan fingerprint density at radius 2 is 2.00 bits per heavy atom. The van der Waals surface area contributed by atoms with E-state index >= 15 is 0 Å². The molecule has 5 heteroatoms. The number of phenolic OH excluding ortho intramolecular Hbond substituents is 1. The van der Waals surface area contributed by atoms with Gasteiger partial charge >= 0.3 is 0 Å². The summed E-state index contributed by atoms with van der Waals surface area (Å²) in [6, 6.07) is 11.2. The quantitative estimate of drug-likeness (QED) is 0.692. The standard InChI is InChI=1S/C15H13IN2O2/c1-18-13-5-4-10(20-2)8-12(13)17-15(18)11-7-9(16)3-6-14(11)19/h3-8,19H,1-2H3. The first kappa shape index (κ1) is 13.2. The SMILES string of the molecule is COc1ccc2c(c1)nc(-c1cc(I)ccc1O)n2C. The van der Waals surface area contributed by atoms with Crippen LogP contribution in [-0.2, 0) is 7.05 Å². The number of hydrogen-bond donors (Lipinski definition) is 1. The second-order valence-corrected chi connectivity index (χ2v) is 5.76. The number of imidazole rings is 1. The van der Waals surface area contributed by atoms with E-state index in [0.29, 0.717) is 0 Å². The summed E-state index contributed by atoms with van der Waals surface area (Å²) in [6.07, 6.45) is 0. The molecule has 2 aromatic carbocycles. The highest BCUT2D eigenvalue weighted by atomic mass is 127. The van der Waals surface area contributed by atoms with Crippen LogP contribution in [0, 0.1) is 3.57 Å². The Balaban J connectivity index is 2.26. The summed E-state index contributed by atoms with van der Waals surface area (Å²) < 4.78 is 8.25. The minimum atomic E-state index is 0.232. The van der Waals surface area contributed by atoms with Crippen molar-refractivity contribution in [2.75, 3.05) is 7.11 Å². The predicted octanol–water partition coefficient (Wildman–Crippen LogP) is 3.56. The third-order valence-corrected chi connectivity index (χ3v) is 3.96. The van der Waals surface area contributed by atoms with Crippen molar-refractivity contribution in [3.05, 3.63) is 40.0 Å². The Hall–Kier alpha value is -1.76. The lowest BCUT2D eigenvalue weighted by Crippen LogP contribution is -1.93. The zero-order valence-corrected chi connectivity index (χ0v) is 13.2. The van der Waals surface area contributed by atoms with E-state index in [-0.39, 0.29) is 5.75 Å². The number of rotatable bonds is 2. The molecule has 3 aromatic rings. The van der Waals surface area contributed by atoms with Crippen molar-refractivity contribution in [2.24, 2.45) is 7.05 Å². The van der Waals surface area contributed by atoms with Gasteiger partial charge in [-0.3, -0.25) is 0 Å². The third-order valence-electron chi connectivity index (χ3n) is 3.29. The lowest BCUT2D eigenvalue weighted by Gasteiger charge is -2.05. The van der Waals surface area contributed by atoms with E-state index in [1.54, 1.807) is 13.2 Å². The average Bonchev–Trinajstić information content (AvgIpc) is 2.78. The van der Waals surface area contributed by atoms with Crippen LogP contribution in [0.1, 0.15) is 0 Å². The number of nitrogens with zero attached hydrogens (tertiary/aromatic N) is 2. The van der Waals surface area contributed by atoms with E-state index < -0.39 is 0 Å². The molecule has 4 nitrogen and oxygen atoms in total. The van der Waals surface area contributed by atoms with Gasteiger partial charge in [0.1, 0.15) is 17.3 Å². The van der Waals surface area contributed by atoms with Crippen LogP contribution in [0.25, 0.3) is 22.4 Å². The van der Waals surface area contributed by atoms with Gasteiger partial charge in [0.2, 0.25) is 0 Å². The molecule has 1 aromatic heterocycles. The topological polar surface area (TPSA) is 47.3 Å². The van der Waals surface area contributed by atoms with Crippen LogP contribution in [-0.4, -0.2) is 21.8 Å². The number of aryl methyl sites for hydroxylation is 1. The molecule has 0 atom stereocenters. The van der Waals surface area contributed by atoms with Crippen molar-refractivity contribution in [1.29, 1.82) is 0 Å². The summed E-state index contributed by atoms with van der Waals surface area (Å²) in [6.45, 7) is 0. The van der Waals surface area contributed by atoms with Gasteiger partial charge in [-0.2, -0.15) is 0 Å². The molecule has 102 valence electrons. The van der Waals surface area contributed by atoms with Crippen molar-refractivity contribution in [3.8, 4) is 22.9 Å². The summed E-state index contributed by atoms with van der Waals surface area (Å²) in [5.74, 6) is 1.74. The largest absolute Gasteiger partial charge is 0.507 e. The van der Waals surface area contributed by atoms with Crippen molar-refractivity contribution in [2.45, 2.75) is 0 Å². The van der Waals surface area contributed by atoms with Gasteiger partial charge in [0.25, 0.3) is 0 Å². The van der Waals surface area contributed by atoms with E-state index in [2.05, 4.69) is 27.6 Å². The highest BCUT2D eigenvalue weighted by molar-refractivity contribution is 14.1. The maximum Gasteiger partial charge on any atom is 0.144 e. The van der Waals surface area contributed by atoms with Crippen molar-refractivity contribution < 1.29 is 9.84 Å². The summed E-state index contributed by atoms with van der Waals surface area (Å²) >= 11 is 2.22. The van der Waals surface area contributed by atoms with Crippen LogP contribution >= 0.6 is 22.6 Å². The zero-order chi connectivity index (χ0) is 14.3. The Labute approximate surface area is 130 Å². The van der Waals surface area contributed by atoms with Gasteiger partial charge in [-0.05, 0) is 52.9 Å². The minimum Gasteiger partial charge on any atom is -0.507 e. The lowest BCUT2D eigenvalue weighted by atomic mass is 10.2. The zero-order valence-electron chi connectivity index (χ0n) is 11.1. The van der Waals surface area contributed by atoms with Crippen molar-refractivity contribution in [1.82, 2.24) is 9.55 Å². The van der Waals surface area contributed by atoms with Crippen LogP contribution in [0.15, 0.2) is 36.4 Å². The van der Waals surface area contributed by atoms with Gasteiger partial charge in [0.05, 0.1) is 23.7 Å². The first-order valence-corrected chi connectivity index (χ1v) is 7.17. The van der Waals surface area contributed by atoms with E-state index in [4.69, 9.17) is 4.74 Å². The van der Waals surface area contributed by atoms with E-state index in [0.717, 1.165) is 31.7 Å². The number of phenols is 1. The Morgan fingerprint density at radius 3 is 2.75 bits per heavy atom. The van der Waals surface area contributed by atoms with Gasteiger partial charge in [0.15, 0.2) is 0 Å². The Morgan fingerprint density at radius 1 is 1.20 bits per heavy atom. The van der Waals surface area contributed by atoms with Crippen molar-refractivity contribution >= 4 is 33.6 Å². The predicted molar refractivity (Wildman–Crippen MR) is 87.1 cm³/mol. The van der Waals surface area contributed by atoms with Crippen molar-refractivity contribution in [3.63, 3.8) is 0 Å². The Bertz CT molecular complexity index is 796. The van der Waals surface area contributed by atoms with E-state index in [1.807, 2.05) is 41.9 Å². The van der Waals surface area contributed by atoms with E-state index in [1.165, 1.54) is 0 Å². The number of benzene rings is 2. The molecule has 0 bridgehead atoms. The number of methoxy groups -OCH3 is 1. The highest BCUT2D eigenvalue weighted by Crippen LogP contribution is 2.32. The maximum absolute atomic E-state index is 10.1. The summed E-state index contributed by atoms with van der Waals surface area (Å²) in [7, 11) is 3.58. The molecule has 0 saturated carbocycles. The fourth-order valence-corrected chi connectivity index (χ4v) is 2.73. The molecular weight excluding hydrogens is 367 g/mol.